The molecule has 2 aromatic carbocycles. The summed E-state index contributed by atoms with van der Waals surface area (Å²) >= 11 is 3.43. The molecule has 0 aliphatic carbocycles. The van der Waals surface area contributed by atoms with Crippen molar-refractivity contribution < 1.29 is 14.6 Å². The molecule has 5 heteroatoms. The molecule has 0 fully saturated rings. The molecule has 1 unspecified atom stereocenters. The van der Waals surface area contributed by atoms with Crippen molar-refractivity contribution in [3.63, 3.8) is 0 Å². The van der Waals surface area contributed by atoms with Gasteiger partial charge >= 0.3 is 5.97 Å². The summed E-state index contributed by atoms with van der Waals surface area (Å²) in [7, 11) is 1.55. The number of ether oxygens (including phenoxy) is 1. The van der Waals surface area contributed by atoms with Crippen molar-refractivity contribution in [2.45, 2.75) is 13.0 Å². The molecule has 0 aromatic heterocycles. The molecule has 0 amide bonds. The summed E-state index contributed by atoms with van der Waals surface area (Å²) in [4.78, 5) is 11.6. The van der Waals surface area contributed by atoms with Crippen LogP contribution >= 0.6 is 15.9 Å². The van der Waals surface area contributed by atoms with Gasteiger partial charge in [0.2, 0.25) is 0 Å². The van der Waals surface area contributed by atoms with Crippen molar-refractivity contribution in [2.24, 2.45) is 0 Å². The minimum Gasteiger partial charge on any atom is -0.495 e. The molecule has 2 aromatic rings. The topological polar surface area (TPSA) is 58.6 Å². The number of hydrogen-bond acceptors (Lipinski definition) is 3. The normalized spacial score (nSPS) is 11.8. The Balaban J connectivity index is 2.35. The number of aryl methyl sites for hydroxylation is 1. The number of carboxylic acid groups (broad SMARTS) is 1. The quantitative estimate of drug-likeness (QED) is 0.856. The van der Waals surface area contributed by atoms with E-state index in [1.54, 1.807) is 25.3 Å². The largest absolute Gasteiger partial charge is 0.495 e. The van der Waals surface area contributed by atoms with Crippen LogP contribution in [0.15, 0.2) is 46.9 Å². The predicted molar refractivity (Wildman–Crippen MR) is 85.9 cm³/mol. The van der Waals surface area contributed by atoms with Gasteiger partial charge in [0, 0.05) is 4.47 Å². The van der Waals surface area contributed by atoms with Crippen LogP contribution in [0.2, 0.25) is 0 Å². The molecule has 1 atom stereocenters. The first-order valence-electron chi connectivity index (χ1n) is 6.41. The third-order valence-corrected chi connectivity index (χ3v) is 4.04. The van der Waals surface area contributed by atoms with Gasteiger partial charge in [-0.05, 0) is 36.2 Å². The van der Waals surface area contributed by atoms with Crippen molar-refractivity contribution in [3.8, 4) is 5.75 Å². The molecule has 0 bridgehead atoms. The van der Waals surface area contributed by atoms with E-state index in [2.05, 4.69) is 21.2 Å². The maximum Gasteiger partial charge on any atom is 0.330 e. The summed E-state index contributed by atoms with van der Waals surface area (Å²) in [5.74, 6) is -0.341. The van der Waals surface area contributed by atoms with Crippen molar-refractivity contribution in [2.75, 3.05) is 12.4 Å². The van der Waals surface area contributed by atoms with Crippen molar-refractivity contribution in [3.05, 3.63) is 58.1 Å². The smallest absolute Gasteiger partial charge is 0.330 e. The van der Waals surface area contributed by atoms with E-state index in [1.807, 2.05) is 31.2 Å². The molecular weight excluding hydrogens is 334 g/mol. The van der Waals surface area contributed by atoms with Crippen LogP contribution in [-0.2, 0) is 4.79 Å². The van der Waals surface area contributed by atoms with E-state index in [4.69, 9.17) is 4.74 Å². The summed E-state index contributed by atoms with van der Waals surface area (Å²) in [5, 5.41) is 12.5. The van der Waals surface area contributed by atoms with Gasteiger partial charge in [-0.1, -0.05) is 40.2 Å². The fourth-order valence-electron chi connectivity index (χ4n) is 2.00. The van der Waals surface area contributed by atoms with E-state index in [1.165, 1.54) is 0 Å². The minimum atomic E-state index is -0.948. The number of benzene rings is 2. The second-order valence-electron chi connectivity index (χ2n) is 4.62. The fourth-order valence-corrected chi connectivity index (χ4v) is 2.39. The lowest BCUT2D eigenvalue weighted by Gasteiger charge is -2.18. The number of nitrogens with one attached hydrogen (secondary N) is 1. The molecule has 4 nitrogen and oxygen atoms in total. The molecular formula is C16H16BrNO3. The Morgan fingerprint density at radius 3 is 2.62 bits per heavy atom. The fraction of sp³-hybridized carbons (Fsp3) is 0.188. The second kappa shape index (κ2) is 6.63. The van der Waals surface area contributed by atoms with Crippen LogP contribution in [0.4, 0.5) is 5.69 Å². The number of methoxy groups -OCH3 is 1. The molecule has 0 saturated heterocycles. The number of rotatable bonds is 5. The zero-order valence-corrected chi connectivity index (χ0v) is 13.3. The van der Waals surface area contributed by atoms with Gasteiger partial charge in [-0.25, -0.2) is 4.79 Å². The van der Waals surface area contributed by atoms with E-state index < -0.39 is 12.0 Å². The van der Waals surface area contributed by atoms with Gasteiger partial charge in [-0.2, -0.15) is 0 Å². The number of para-hydroxylation sites is 2. The minimum absolute atomic E-state index is 0.606. The number of carboxylic acids is 1. The van der Waals surface area contributed by atoms with Gasteiger partial charge < -0.3 is 15.2 Å². The van der Waals surface area contributed by atoms with Crippen LogP contribution in [0.5, 0.6) is 5.75 Å². The van der Waals surface area contributed by atoms with Crippen molar-refractivity contribution >= 4 is 27.6 Å². The molecule has 2 N–H and O–H groups in total. The van der Waals surface area contributed by atoms with Crippen LogP contribution in [0.25, 0.3) is 0 Å². The molecule has 0 aliphatic heterocycles. The second-order valence-corrected chi connectivity index (χ2v) is 5.48. The van der Waals surface area contributed by atoms with E-state index in [0.29, 0.717) is 17.0 Å². The van der Waals surface area contributed by atoms with Crippen LogP contribution in [0.1, 0.15) is 17.2 Å². The maximum absolute atomic E-state index is 11.6. The first kappa shape index (κ1) is 15.4. The standard InChI is InChI=1S/C16H16BrNO3/c1-10-7-8-11(9-12(10)17)15(16(19)20)18-13-5-3-4-6-14(13)21-2/h3-9,15,18H,1-2H3,(H,19,20). The van der Waals surface area contributed by atoms with Crippen LogP contribution < -0.4 is 10.1 Å². The summed E-state index contributed by atoms with van der Waals surface area (Å²) in [6, 6.07) is 11.9. The molecule has 0 aliphatic rings. The average Bonchev–Trinajstić information content (AvgIpc) is 2.48. The summed E-state index contributed by atoms with van der Waals surface area (Å²) < 4.78 is 6.12. The van der Waals surface area contributed by atoms with Crippen LogP contribution in [0.3, 0.4) is 0 Å². The lowest BCUT2D eigenvalue weighted by molar-refractivity contribution is -0.138. The Labute approximate surface area is 131 Å². The zero-order chi connectivity index (χ0) is 15.4. The molecule has 0 radical (unpaired) electrons. The van der Waals surface area contributed by atoms with Crippen molar-refractivity contribution in [1.29, 1.82) is 0 Å². The number of halogens is 1. The third kappa shape index (κ3) is 3.55. The van der Waals surface area contributed by atoms with Crippen LogP contribution in [-0.4, -0.2) is 18.2 Å². The van der Waals surface area contributed by atoms with E-state index in [-0.39, 0.29) is 0 Å². The molecule has 0 heterocycles. The highest BCUT2D eigenvalue weighted by atomic mass is 79.9. The third-order valence-electron chi connectivity index (χ3n) is 3.18. The summed E-state index contributed by atoms with van der Waals surface area (Å²) in [6.45, 7) is 1.96. The molecule has 21 heavy (non-hydrogen) atoms. The molecule has 110 valence electrons. The highest BCUT2D eigenvalue weighted by Gasteiger charge is 2.21. The first-order valence-corrected chi connectivity index (χ1v) is 7.20. The first-order chi connectivity index (χ1) is 10.0. The van der Waals surface area contributed by atoms with Gasteiger partial charge in [0.05, 0.1) is 12.8 Å². The van der Waals surface area contributed by atoms with Gasteiger partial charge in [-0.3, -0.25) is 0 Å². The monoisotopic (exact) mass is 349 g/mol. The summed E-state index contributed by atoms with van der Waals surface area (Å²) in [5.41, 5.74) is 2.37. The zero-order valence-electron chi connectivity index (χ0n) is 11.8. The maximum atomic E-state index is 11.6. The van der Waals surface area contributed by atoms with E-state index in [9.17, 15) is 9.90 Å². The van der Waals surface area contributed by atoms with Gasteiger partial charge in [0.15, 0.2) is 6.04 Å². The molecule has 0 spiro atoms. The predicted octanol–water partition coefficient (Wildman–Crippen LogP) is 4.00. The highest BCUT2D eigenvalue weighted by molar-refractivity contribution is 9.10. The van der Waals surface area contributed by atoms with Gasteiger partial charge in [0.1, 0.15) is 5.75 Å². The van der Waals surface area contributed by atoms with Crippen LogP contribution in [0, 0.1) is 6.92 Å². The van der Waals surface area contributed by atoms with Gasteiger partial charge in [0.25, 0.3) is 0 Å². The Bertz CT molecular complexity index is 658. The Morgan fingerprint density at radius 1 is 1.29 bits per heavy atom. The molecule has 0 saturated carbocycles. The Morgan fingerprint density at radius 2 is 2.00 bits per heavy atom. The highest BCUT2D eigenvalue weighted by Crippen LogP contribution is 2.29. The molecule has 2 rings (SSSR count). The SMILES string of the molecule is COc1ccccc1NC(C(=O)O)c1ccc(C)c(Br)c1. The number of hydrogen-bond donors (Lipinski definition) is 2. The van der Waals surface area contributed by atoms with E-state index >= 15 is 0 Å². The van der Waals surface area contributed by atoms with Gasteiger partial charge in [-0.15, -0.1) is 0 Å². The number of anilines is 1. The lowest BCUT2D eigenvalue weighted by atomic mass is 10.0. The summed E-state index contributed by atoms with van der Waals surface area (Å²) in [6.07, 6.45) is 0. The Hall–Kier alpha value is -2.01. The number of carbonyl (C=O) groups is 1. The average molecular weight is 350 g/mol. The number of aliphatic carboxylic acids is 1. The Kier molecular flexibility index (Phi) is 4.85. The lowest BCUT2D eigenvalue weighted by Crippen LogP contribution is -2.20. The van der Waals surface area contributed by atoms with E-state index in [0.717, 1.165) is 10.0 Å². The van der Waals surface area contributed by atoms with Crippen molar-refractivity contribution in [1.82, 2.24) is 0 Å².